The molecule has 0 aliphatic carbocycles. The number of aromatic nitrogens is 1. The molecule has 1 aromatic heterocycles. The van der Waals surface area contributed by atoms with Crippen LogP contribution in [-0.4, -0.2) is 4.98 Å². The highest BCUT2D eigenvalue weighted by molar-refractivity contribution is 6.34. The molecular weight excluding hydrogens is 207 g/mol. The van der Waals surface area contributed by atoms with Crippen molar-refractivity contribution in [1.82, 2.24) is 4.98 Å². The summed E-state index contributed by atoms with van der Waals surface area (Å²) >= 11 is 11.6. The minimum Gasteiger partial charge on any atom is -0.323 e. The standard InChI is InChI=1S/C9H12Cl2N2/c1-2-3-8(12)9-7(11)4-6(10)5-13-9/h4-5,8H,2-3,12H2,1H3/t8-/m0/s1. The lowest BCUT2D eigenvalue weighted by Crippen LogP contribution is -2.12. The summed E-state index contributed by atoms with van der Waals surface area (Å²) in [5, 5.41) is 1.09. The quantitative estimate of drug-likeness (QED) is 0.847. The van der Waals surface area contributed by atoms with Crippen LogP contribution in [0.3, 0.4) is 0 Å². The zero-order valence-electron chi connectivity index (χ0n) is 7.43. The zero-order chi connectivity index (χ0) is 9.84. The molecule has 0 bridgehead atoms. The highest BCUT2D eigenvalue weighted by Crippen LogP contribution is 2.24. The van der Waals surface area contributed by atoms with E-state index in [-0.39, 0.29) is 6.04 Å². The molecule has 2 N–H and O–H groups in total. The second-order valence-corrected chi connectivity index (χ2v) is 3.76. The molecule has 1 atom stereocenters. The Morgan fingerprint density at radius 2 is 2.23 bits per heavy atom. The Morgan fingerprint density at radius 3 is 2.77 bits per heavy atom. The van der Waals surface area contributed by atoms with Crippen LogP contribution in [0.15, 0.2) is 12.3 Å². The summed E-state index contributed by atoms with van der Waals surface area (Å²) in [5.41, 5.74) is 6.60. The van der Waals surface area contributed by atoms with Crippen molar-refractivity contribution in [2.45, 2.75) is 25.8 Å². The van der Waals surface area contributed by atoms with E-state index in [9.17, 15) is 0 Å². The molecule has 0 spiro atoms. The van der Waals surface area contributed by atoms with Crippen LogP contribution in [0.2, 0.25) is 10.0 Å². The van der Waals surface area contributed by atoms with Gasteiger partial charge in [-0.2, -0.15) is 0 Å². The van der Waals surface area contributed by atoms with E-state index in [0.29, 0.717) is 10.0 Å². The smallest absolute Gasteiger partial charge is 0.0757 e. The van der Waals surface area contributed by atoms with Gasteiger partial charge in [0.2, 0.25) is 0 Å². The van der Waals surface area contributed by atoms with Crippen molar-refractivity contribution in [2.75, 3.05) is 0 Å². The molecule has 0 aliphatic heterocycles. The molecule has 0 saturated carbocycles. The first-order valence-electron chi connectivity index (χ1n) is 4.21. The normalized spacial score (nSPS) is 12.9. The third kappa shape index (κ3) is 2.83. The van der Waals surface area contributed by atoms with Crippen molar-refractivity contribution >= 4 is 23.2 Å². The Balaban J connectivity index is 2.88. The van der Waals surface area contributed by atoms with E-state index < -0.39 is 0 Å². The molecule has 0 aromatic carbocycles. The van der Waals surface area contributed by atoms with Crippen molar-refractivity contribution in [1.29, 1.82) is 0 Å². The van der Waals surface area contributed by atoms with E-state index in [1.807, 2.05) is 0 Å². The van der Waals surface area contributed by atoms with Crippen LogP contribution in [0.5, 0.6) is 0 Å². The Kier molecular flexibility index (Phi) is 3.97. The van der Waals surface area contributed by atoms with Crippen LogP contribution >= 0.6 is 23.2 Å². The maximum atomic E-state index is 5.93. The molecule has 0 aliphatic rings. The predicted octanol–water partition coefficient (Wildman–Crippen LogP) is 3.19. The van der Waals surface area contributed by atoms with Gasteiger partial charge in [-0.15, -0.1) is 0 Å². The van der Waals surface area contributed by atoms with Gasteiger partial charge in [-0.1, -0.05) is 36.5 Å². The first-order valence-corrected chi connectivity index (χ1v) is 4.97. The number of nitrogens with two attached hydrogens (primary N) is 1. The van der Waals surface area contributed by atoms with Gasteiger partial charge in [-0.05, 0) is 12.5 Å². The third-order valence-corrected chi connectivity index (χ3v) is 2.30. The maximum absolute atomic E-state index is 5.93. The van der Waals surface area contributed by atoms with Crippen LogP contribution in [-0.2, 0) is 0 Å². The van der Waals surface area contributed by atoms with Crippen LogP contribution in [0.4, 0.5) is 0 Å². The van der Waals surface area contributed by atoms with Gasteiger partial charge in [0.05, 0.1) is 15.7 Å². The van der Waals surface area contributed by atoms with Crippen LogP contribution in [0.25, 0.3) is 0 Å². The Bertz CT molecular complexity index is 289. The lowest BCUT2D eigenvalue weighted by Gasteiger charge is -2.10. The summed E-state index contributed by atoms with van der Waals surface area (Å²) in [7, 11) is 0. The molecule has 0 amide bonds. The maximum Gasteiger partial charge on any atom is 0.0757 e. The Labute approximate surface area is 88.1 Å². The van der Waals surface area contributed by atoms with E-state index in [4.69, 9.17) is 28.9 Å². The number of pyridine rings is 1. The van der Waals surface area contributed by atoms with E-state index in [2.05, 4.69) is 11.9 Å². The number of hydrogen-bond donors (Lipinski definition) is 1. The third-order valence-electron chi connectivity index (χ3n) is 1.79. The van der Waals surface area contributed by atoms with Gasteiger partial charge >= 0.3 is 0 Å². The second-order valence-electron chi connectivity index (χ2n) is 2.92. The van der Waals surface area contributed by atoms with Gasteiger partial charge in [0.25, 0.3) is 0 Å². The van der Waals surface area contributed by atoms with Gasteiger partial charge in [0.15, 0.2) is 0 Å². The fourth-order valence-electron chi connectivity index (χ4n) is 1.15. The fraction of sp³-hybridized carbons (Fsp3) is 0.444. The van der Waals surface area contributed by atoms with Crippen molar-refractivity contribution in [3.05, 3.63) is 28.0 Å². The fourth-order valence-corrected chi connectivity index (χ4v) is 1.67. The molecule has 0 radical (unpaired) electrons. The Morgan fingerprint density at radius 1 is 1.54 bits per heavy atom. The number of rotatable bonds is 3. The molecule has 1 heterocycles. The van der Waals surface area contributed by atoms with Crippen molar-refractivity contribution in [3.8, 4) is 0 Å². The molecule has 2 nitrogen and oxygen atoms in total. The zero-order valence-corrected chi connectivity index (χ0v) is 8.94. The molecule has 1 rings (SSSR count). The van der Waals surface area contributed by atoms with Gasteiger partial charge in [0.1, 0.15) is 0 Å². The summed E-state index contributed by atoms with van der Waals surface area (Å²) in [4.78, 5) is 4.11. The summed E-state index contributed by atoms with van der Waals surface area (Å²) < 4.78 is 0. The van der Waals surface area contributed by atoms with Crippen LogP contribution < -0.4 is 5.73 Å². The molecule has 1 aromatic rings. The summed E-state index contributed by atoms with van der Waals surface area (Å²) in [6, 6.07) is 1.58. The lowest BCUT2D eigenvalue weighted by molar-refractivity contribution is 0.622. The molecule has 0 unspecified atom stereocenters. The first kappa shape index (κ1) is 10.8. The molecule has 0 fully saturated rings. The van der Waals surface area contributed by atoms with Gasteiger partial charge in [0, 0.05) is 12.2 Å². The number of nitrogens with zero attached hydrogens (tertiary/aromatic N) is 1. The minimum absolute atomic E-state index is 0.0882. The predicted molar refractivity (Wildman–Crippen MR) is 56.1 cm³/mol. The van der Waals surface area contributed by atoms with Crippen LogP contribution in [0, 0.1) is 0 Å². The summed E-state index contributed by atoms with van der Waals surface area (Å²) in [6.07, 6.45) is 3.47. The van der Waals surface area contributed by atoms with Crippen molar-refractivity contribution in [2.24, 2.45) is 5.73 Å². The second kappa shape index (κ2) is 4.80. The van der Waals surface area contributed by atoms with Gasteiger partial charge in [-0.25, -0.2) is 0 Å². The number of hydrogen-bond acceptors (Lipinski definition) is 2. The Hall–Kier alpha value is -0.310. The highest BCUT2D eigenvalue weighted by atomic mass is 35.5. The summed E-state index contributed by atoms with van der Waals surface area (Å²) in [6.45, 7) is 2.07. The molecule has 0 saturated heterocycles. The van der Waals surface area contributed by atoms with Crippen molar-refractivity contribution in [3.63, 3.8) is 0 Å². The van der Waals surface area contributed by atoms with Gasteiger partial charge in [-0.3, -0.25) is 4.98 Å². The molecule has 4 heteroatoms. The minimum atomic E-state index is -0.0882. The van der Waals surface area contributed by atoms with E-state index in [1.54, 1.807) is 12.3 Å². The van der Waals surface area contributed by atoms with E-state index in [1.165, 1.54) is 0 Å². The molecule has 72 valence electrons. The highest BCUT2D eigenvalue weighted by Gasteiger charge is 2.10. The van der Waals surface area contributed by atoms with E-state index in [0.717, 1.165) is 18.5 Å². The first-order chi connectivity index (χ1) is 6.15. The van der Waals surface area contributed by atoms with E-state index >= 15 is 0 Å². The summed E-state index contributed by atoms with van der Waals surface area (Å²) in [5.74, 6) is 0. The SMILES string of the molecule is CCC[C@H](N)c1ncc(Cl)cc1Cl. The topological polar surface area (TPSA) is 38.9 Å². The average Bonchev–Trinajstić information content (AvgIpc) is 2.04. The number of halogens is 2. The molecular formula is C9H12Cl2N2. The van der Waals surface area contributed by atoms with Crippen LogP contribution in [0.1, 0.15) is 31.5 Å². The lowest BCUT2D eigenvalue weighted by atomic mass is 10.1. The molecule has 13 heavy (non-hydrogen) atoms. The van der Waals surface area contributed by atoms with Crippen molar-refractivity contribution < 1.29 is 0 Å². The monoisotopic (exact) mass is 218 g/mol. The largest absolute Gasteiger partial charge is 0.323 e. The average molecular weight is 219 g/mol. The van der Waals surface area contributed by atoms with Gasteiger partial charge < -0.3 is 5.73 Å².